The third-order valence-corrected chi connectivity index (χ3v) is 2.83. The lowest BCUT2D eigenvalue weighted by Crippen LogP contribution is -1.93. The second kappa shape index (κ2) is 3.12. The minimum Gasteiger partial charge on any atom is -0.492 e. The van der Waals surface area contributed by atoms with Crippen molar-refractivity contribution in [2.45, 2.75) is 6.42 Å². The topological polar surface area (TPSA) is 34.2 Å². The maximum atomic E-state index is 5.66. The van der Waals surface area contributed by atoms with E-state index in [1.807, 2.05) is 19.3 Å². The zero-order chi connectivity index (χ0) is 10.3. The fraction of sp³-hybridized carbons (Fsp3) is 0.250. The summed E-state index contributed by atoms with van der Waals surface area (Å²) in [7, 11) is 1.88. The number of anilines is 1. The number of hydrogen-bond acceptors (Lipinski definition) is 3. The summed E-state index contributed by atoms with van der Waals surface area (Å²) in [5.41, 5.74) is 1.30. The first kappa shape index (κ1) is 8.53. The van der Waals surface area contributed by atoms with E-state index < -0.39 is 0 Å². The SMILES string of the molecule is CNc1nccc2c3c(ccc12)CCO3. The predicted octanol–water partition coefficient (Wildman–Crippen LogP) is 2.21. The molecule has 0 amide bonds. The van der Waals surface area contributed by atoms with Crippen LogP contribution < -0.4 is 10.1 Å². The van der Waals surface area contributed by atoms with Gasteiger partial charge in [-0.3, -0.25) is 0 Å². The van der Waals surface area contributed by atoms with Gasteiger partial charge in [-0.15, -0.1) is 0 Å². The summed E-state index contributed by atoms with van der Waals surface area (Å²) in [6.45, 7) is 0.797. The van der Waals surface area contributed by atoms with E-state index in [1.165, 1.54) is 5.56 Å². The van der Waals surface area contributed by atoms with Crippen molar-refractivity contribution in [3.05, 3.63) is 30.0 Å². The quantitative estimate of drug-likeness (QED) is 0.766. The highest BCUT2D eigenvalue weighted by molar-refractivity contribution is 5.96. The zero-order valence-electron chi connectivity index (χ0n) is 8.58. The first-order valence-electron chi connectivity index (χ1n) is 5.11. The highest BCUT2D eigenvalue weighted by atomic mass is 16.5. The molecular weight excluding hydrogens is 188 g/mol. The van der Waals surface area contributed by atoms with Crippen molar-refractivity contribution in [3.63, 3.8) is 0 Å². The molecule has 1 N–H and O–H groups in total. The summed E-state index contributed by atoms with van der Waals surface area (Å²) in [5, 5.41) is 5.38. The van der Waals surface area contributed by atoms with Gasteiger partial charge in [-0.25, -0.2) is 4.98 Å². The number of nitrogens with zero attached hydrogens (tertiary/aromatic N) is 1. The van der Waals surface area contributed by atoms with E-state index in [9.17, 15) is 0 Å². The Morgan fingerprint density at radius 1 is 1.27 bits per heavy atom. The van der Waals surface area contributed by atoms with Crippen LogP contribution in [0, 0.1) is 0 Å². The van der Waals surface area contributed by atoms with Crippen LogP contribution in [0.15, 0.2) is 24.4 Å². The van der Waals surface area contributed by atoms with E-state index in [-0.39, 0.29) is 0 Å². The summed E-state index contributed by atoms with van der Waals surface area (Å²) in [5.74, 6) is 1.94. The fourth-order valence-electron chi connectivity index (χ4n) is 2.10. The zero-order valence-corrected chi connectivity index (χ0v) is 8.58. The molecule has 0 saturated heterocycles. The van der Waals surface area contributed by atoms with E-state index in [2.05, 4.69) is 22.4 Å². The Hall–Kier alpha value is -1.77. The molecule has 0 spiro atoms. The van der Waals surface area contributed by atoms with Crippen LogP contribution in [0.1, 0.15) is 5.56 Å². The van der Waals surface area contributed by atoms with Gasteiger partial charge in [-0.2, -0.15) is 0 Å². The summed E-state index contributed by atoms with van der Waals surface area (Å²) < 4.78 is 5.66. The summed E-state index contributed by atoms with van der Waals surface area (Å²) >= 11 is 0. The number of hydrogen-bond donors (Lipinski definition) is 1. The summed E-state index contributed by atoms with van der Waals surface area (Å²) in [6.07, 6.45) is 2.83. The number of benzene rings is 1. The largest absolute Gasteiger partial charge is 0.492 e. The molecule has 0 saturated carbocycles. The lowest BCUT2D eigenvalue weighted by molar-refractivity contribution is 0.360. The average molecular weight is 200 g/mol. The van der Waals surface area contributed by atoms with Crippen molar-refractivity contribution in [1.29, 1.82) is 0 Å². The summed E-state index contributed by atoms with van der Waals surface area (Å²) in [6, 6.07) is 6.26. The molecule has 2 heterocycles. The van der Waals surface area contributed by atoms with Gasteiger partial charge in [-0.05, 0) is 11.6 Å². The molecule has 0 fully saturated rings. The van der Waals surface area contributed by atoms with Crippen LogP contribution in [0.2, 0.25) is 0 Å². The maximum Gasteiger partial charge on any atom is 0.133 e. The van der Waals surface area contributed by atoms with Crippen molar-refractivity contribution >= 4 is 16.6 Å². The Balaban J connectivity index is 2.37. The Morgan fingerprint density at radius 2 is 2.20 bits per heavy atom. The first-order valence-corrected chi connectivity index (χ1v) is 5.11. The molecule has 1 aliphatic rings. The van der Waals surface area contributed by atoms with Gasteiger partial charge in [0, 0.05) is 30.4 Å². The van der Waals surface area contributed by atoms with Crippen molar-refractivity contribution in [2.24, 2.45) is 0 Å². The van der Waals surface area contributed by atoms with Gasteiger partial charge in [-0.1, -0.05) is 12.1 Å². The minimum absolute atomic E-state index is 0.797. The van der Waals surface area contributed by atoms with Crippen LogP contribution in [0.4, 0.5) is 5.82 Å². The molecule has 1 aliphatic heterocycles. The summed E-state index contributed by atoms with van der Waals surface area (Å²) in [4.78, 5) is 4.28. The van der Waals surface area contributed by atoms with Gasteiger partial charge in [0.25, 0.3) is 0 Å². The van der Waals surface area contributed by atoms with Gasteiger partial charge < -0.3 is 10.1 Å². The highest BCUT2D eigenvalue weighted by Gasteiger charge is 2.16. The number of pyridine rings is 1. The highest BCUT2D eigenvalue weighted by Crippen LogP contribution is 2.35. The molecule has 1 aromatic carbocycles. The number of fused-ring (bicyclic) bond motifs is 3. The molecule has 0 unspecified atom stereocenters. The predicted molar refractivity (Wildman–Crippen MR) is 60.5 cm³/mol. The number of aromatic nitrogens is 1. The Kier molecular flexibility index (Phi) is 1.78. The first-order chi connectivity index (χ1) is 7.40. The number of rotatable bonds is 1. The van der Waals surface area contributed by atoms with Gasteiger partial charge in [0.15, 0.2) is 0 Å². The van der Waals surface area contributed by atoms with E-state index >= 15 is 0 Å². The molecule has 76 valence electrons. The van der Waals surface area contributed by atoms with Gasteiger partial charge in [0.1, 0.15) is 11.6 Å². The minimum atomic E-state index is 0.797. The Labute approximate surface area is 88.1 Å². The van der Waals surface area contributed by atoms with Crippen LogP contribution in [0.5, 0.6) is 5.75 Å². The Bertz CT molecular complexity index is 522. The molecule has 0 atom stereocenters. The van der Waals surface area contributed by atoms with Crippen LogP contribution >= 0.6 is 0 Å². The van der Waals surface area contributed by atoms with E-state index in [0.29, 0.717) is 0 Å². The molecule has 1 aromatic heterocycles. The number of nitrogens with one attached hydrogen (secondary N) is 1. The monoisotopic (exact) mass is 200 g/mol. The van der Waals surface area contributed by atoms with Gasteiger partial charge in [0.2, 0.25) is 0 Å². The molecule has 0 radical (unpaired) electrons. The van der Waals surface area contributed by atoms with E-state index in [4.69, 9.17) is 4.74 Å². The van der Waals surface area contributed by atoms with Crippen LogP contribution in [0.25, 0.3) is 10.8 Å². The van der Waals surface area contributed by atoms with Crippen molar-refractivity contribution in [1.82, 2.24) is 4.98 Å². The molecular formula is C12H12N2O. The second-order valence-corrected chi connectivity index (χ2v) is 3.66. The van der Waals surface area contributed by atoms with Crippen LogP contribution in [-0.2, 0) is 6.42 Å². The maximum absolute atomic E-state index is 5.66. The number of ether oxygens (including phenoxy) is 1. The third-order valence-electron chi connectivity index (χ3n) is 2.83. The molecule has 2 aromatic rings. The van der Waals surface area contributed by atoms with E-state index in [1.54, 1.807) is 0 Å². The van der Waals surface area contributed by atoms with Crippen molar-refractivity contribution < 1.29 is 4.74 Å². The van der Waals surface area contributed by atoms with Gasteiger partial charge in [0.05, 0.1) is 6.61 Å². The molecule has 3 heteroatoms. The standard InChI is InChI=1S/C12H12N2O/c1-13-12-10-3-2-8-5-7-15-11(8)9(10)4-6-14-12/h2-4,6H,5,7H2,1H3,(H,13,14). The van der Waals surface area contributed by atoms with E-state index in [0.717, 1.165) is 35.4 Å². The molecule has 0 bridgehead atoms. The average Bonchev–Trinajstić information content (AvgIpc) is 2.76. The lowest BCUT2D eigenvalue weighted by atomic mass is 10.1. The normalized spacial score (nSPS) is 13.7. The van der Waals surface area contributed by atoms with Crippen molar-refractivity contribution in [3.8, 4) is 5.75 Å². The molecule has 0 aliphatic carbocycles. The van der Waals surface area contributed by atoms with Crippen molar-refractivity contribution in [2.75, 3.05) is 19.0 Å². The third kappa shape index (κ3) is 1.16. The molecule has 15 heavy (non-hydrogen) atoms. The van der Waals surface area contributed by atoms with Crippen LogP contribution in [0.3, 0.4) is 0 Å². The Morgan fingerprint density at radius 3 is 3.07 bits per heavy atom. The van der Waals surface area contributed by atoms with Gasteiger partial charge >= 0.3 is 0 Å². The second-order valence-electron chi connectivity index (χ2n) is 3.66. The molecule has 3 rings (SSSR count). The fourth-order valence-corrected chi connectivity index (χ4v) is 2.10. The van der Waals surface area contributed by atoms with Crippen LogP contribution in [-0.4, -0.2) is 18.6 Å². The molecule has 3 nitrogen and oxygen atoms in total. The smallest absolute Gasteiger partial charge is 0.133 e. The lowest BCUT2D eigenvalue weighted by Gasteiger charge is -2.07.